The topological polar surface area (TPSA) is 47.0 Å². The predicted molar refractivity (Wildman–Crippen MR) is 60.1 cm³/mol. The van der Waals surface area contributed by atoms with Gasteiger partial charge in [-0.2, -0.15) is 4.98 Å². The fraction of sp³-hybridized carbons (Fsp3) is 0.400. The predicted octanol–water partition coefficient (Wildman–Crippen LogP) is 1.96. The zero-order valence-electron chi connectivity index (χ0n) is 8.84. The van der Waals surface area contributed by atoms with Crippen LogP contribution in [-0.4, -0.2) is 22.6 Å². The molecule has 0 aliphatic carbocycles. The fourth-order valence-corrected chi connectivity index (χ4v) is 0.944. The molecule has 0 saturated heterocycles. The second-order valence-electron chi connectivity index (χ2n) is 3.35. The van der Waals surface area contributed by atoms with Crippen molar-refractivity contribution in [3.8, 4) is 18.2 Å². The number of nitrogens with one attached hydrogen (secondary N) is 1. The first kappa shape index (κ1) is 11.6. The molecule has 5 heteroatoms. The zero-order valence-corrected chi connectivity index (χ0v) is 9.59. The number of anilines is 1. The molecule has 0 spiro atoms. The Morgan fingerprint density at radius 3 is 2.80 bits per heavy atom. The highest BCUT2D eigenvalue weighted by Gasteiger charge is 2.19. The van der Waals surface area contributed by atoms with E-state index >= 15 is 0 Å². The number of terminal acetylenes is 1. The normalized spacial score (nSPS) is 10.6. The summed E-state index contributed by atoms with van der Waals surface area (Å²) in [5, 5.41) is 3.12. The van der Waals surface area contributed by atoms with Gasteiger partial charge in [-0.05, 0) is 13.8 Å². The van der Waals surface area contributed by atoms with E-state index in [4.69, 9.17) is 22.8 Å². The molecule has 0 unspecified atom stereocenters. The number of halogens is 1. The molecule has 1 N–H and O–H groups in total. The second-order valence-corrected chi connectivity index (χ2v) is 3.76. The summed E-state index contributed by atoms with van der Waals surface area (Å²) in [5.41, 5.74) is -0.747. The van der Waals surface area contributed by atoms with Gasteiger partial charge in [0.25, 0.3) is 0 Å². The van der Waals surface area contributed by atoms with E-state index in [0.717, 1.165) is 0 Å². The first-order valence-electron chi connectivity index (χ1n) is 4.35. The van der Waals surface area contributed by atoms with Crippen LogP contribution in [0.4, 0.5) is 5.95 Å². The van der Waals surface area contributed by atoms with Crippen LogP contribution in [0.15, 0.2) is 6.20 Å². The Morgan fingerprint density at radius 1 is 1.60 bits per heavy atom. The Balaban J connectivity index is 2.99. The van der Waals surface area contributed by atoms with E-state index in [1.807, 2.05) is 0 Å². The van der Waals surface area contributed by atoms with Crippen molar-refractivity contribution < 1.29 is 4.74 Å². The Hall–Kier alpha value is -1.47. The van der Waals surface area contributed by atoms with E-state index < -0.39 is 5.60 Å². The smallest absolute Gasteiger partial charge is 0.239 e. The fourth-order valence-electron chi connectivity index (χ4n) is 0.815. The van der Waals surface area contributed by atoms with E-state index in [0.29, 0.717) is 11.0 Å². The molecule has 0 fully saturated rings. The van der Waals surface area contributed by atoms with E-state index in [2.05, 4.69) is 21.2 Å². The molecule has 0 saturated carbocycles. The van der Waals surface area contributed by atoms with E-state index in [1.54, 1.807) is 20.9 Å². The third-order valence-corrected chi connectivity index (χ3v) is 1.89. The van der Waals surface area contributed by atoms with Crippen molar-refractivity contribution in [3.63, 3.8) is 0 Å². The maximum Gasteiger partial charge on any atom is 0.239 e. The van der Waals surface area contributed by atoms with Crippen LogP contribution in [0.5, 0.6) is 5.88 Å². The minimum Gasteiger partial charge on any atom is -0.457 e. The maximum absolute atomic E-state index is 5.87. The molecule has 0 aliphatic rings. The number of nitrogens with zero attached hydrogens (tertiary/aromatic N) is 2. The first-order valence-corrected chi connectivity index (χ1v) is 4.73. The third-order valence-electron chi connectivity index (χ3n) is 1.63. The number of aromatic nitrogens is 2. The number of hydrogen-bond donors (Lipinski definition) is 1. The van der Waals surface area contributed by atoms with Crippen molar-refractivity contribution in [1.82, 2.24) is 9.97 Å². The molecule has 80 valence electrons. The lowest BCUT2D eigenvalue weighted by atomic mass is 10.1. The van der Waals surface area contributed by atoms with Crippen molar-refractivity contribution in [1.29, 1.82) is 0 Å². The molecule has 0 aromatic carbocycles. The average molecular weight is 226 g/mol. The van der Waals surface area contributed by atoms with Gasteiger partial charge in [-0.1, -0.05) is 17.5 Å². The van der Waals surface area contributed by atoms with Gasteiger partial charge < -0.3 is 10.1 Å². The molecular formula is C10H12ClN3O. The van der Waals surface area contributed by atoms with Crippen LogP contribution in [0.25, 0.3) is 0 Å². The first-order chi connectivity index (χ1) is 6.98. The third kappa shape index (κ3) is 3.00. The van der Waals surface area contributed by atoms with Crippen LogP contribution in [0, 0.1) is 12.3 Å². The van der Waals surface area contributed by atoms with Crippen molar-refractivity contribution in [2.75, 3.05) is 12.4 Å². The molecule has 0 radical (unpaired) electrons. The number of rotatable bonds is 3. The molecule has 4 nitrogen and oxygen atoms in total. The maximum atomic E-state index is 5.87. The summed E-state index contributed by atoms with van der Waals surface area (Å²) in [4.78, 5) is 7.98. The molecule has 1 heterocycles. The molecule has 0 amide bonds. The van der Waals surface area contributed by atoms with Gasteiger partial charge >= 0.3 is 0 Å². The molecule has 1 aromatic rings. The molecule has 1 rings (SSSR count). The minimum absolute atomic E-state index is 0.277. The van der Waals surface area contributed by atoms with E-state index in [1.165, 1.54) is 6.20 Å². The molecule has 1 aromatic heterocycles. The average Bonchev–Trinajstić information content (AvgIpc) is 2.21. The molecular weight excluding hydrogens is 214 g/mol. The largest absolute Gasteiger partial charge is 0.457 e. The van der Waals surface area contributed by atoms with E-state index in [9.17, 15) is 0 Å². The van der Waals surface area contributed by atoms with Gasteiger partial charge in [-0.3, -0.25) is 0 Å². The Morgan fingerprint density at radius 2 is 2.27 bits per heavy atom. The van der Waals surface area contributed by atoms with Gasteiger partial charge in [0.15, 0.2) is 5.60 Å². The summed E-state index contributed by atoms with van der Waals surface area (Å²) < 4.78 is 5.47. The van der Waals surface area contributed by atoms with Crippen LogP contribution >= 0.6 is 11.6 Å². The van der Waals surface area contributed by atoms with Gasteiger partial charge in [-0.15, -0.1) is 6.42 Å². The number of hydrogen-bond acceptors (Lipinski definition) is 4. The lowest BCUT2D eigenvalue weighted by Crippen LogP contribution is -2.26. The molecule has 15 heavy (non-hydrogen) atoms. The summed E-state index contributed by atoms with van der Waals surface area (Å²) in [7, 11) is 1.71. The molecule has 0 bridgehead atoms. The molecule has 0 atom stereocenters. The minimum atomic E-state index is -0.747. The van der Waals surface area contributed by atoms with Gasteiger partial charge in [0.05, 0.1) is 6.20 Å². The van der Waals surface area contributed by atoms with Crippen LogP contribution in [0.3, 0.4) is 0 Å². The highest BCUT2D eigenvalue weighted by Crippen LogP contribution is 2.25. The van der Waals surface area contributed by atoms with Gasteiger partial charge in [0.2, 0.25) is 11.8 Å². The summed E-state index contributed by atoms with van der Waals surface area (Å²) in [6.45, 7) is 3.51. The standard InChI is InChI=1S/C10H12ClN3O/c1-5-10(2,3)15-8-7(11)6-13-9(12-4)14-8/h1,6H,2-4H3,(H,12,13,14). The highest BCUT2D eigenvalue weighted by atomic mass is 35.5. The number of ether oxygens (including phenoxy) is 1. The second kappa shape index (κ2) is 4.37. The van der Waals surface area contributed by atoms with Crippen molar-refractivity contribution >= 4 is 17.5 Å². The van der Waals surface area contributed by atoms with Crippen LogP contribution in [0.2, 0.25) is 5.02 Å². The van der Waals surface area contributed by atoms with Crippen molar-refractivity contribution in [2.45, 2.75) is 19.4 Å². The summed E-state index contributed by atoms with van der Waals surface area (Å²) >= 11 is 5.87. The molecule has 0 aliphatic heterocycles. The lowest BCUT2D eigenvalue weighted by Gasteiger charge is -2.19. The van der Waals surface area contributed by atoms with Crippen LogP contribution in [-0.2, 0) is 0 Å². The Kier molecular flexibility index (Phi) is 3.38. The lowest BCUT2D eigenvalue weighted by molar-refractivity contribution is 0.165. The Labute approximate surface area is 94.0 Å². The van der Waals surface area contributed by atoms with Crippen molar-refractivity contribution in [2.24, 2.45) is 0 Å². The Bertz CT molecular complexity index is 398. The zero-order chi connectivity index (χ0) is 11.5. The van der Waals surface area contributed by atoms with Gasteiger partial charge in [-0.25, -0.2) is 4.98 Å². The SMILES string of the molecule is C#CC(C)(C)Oc1nc(NC)ncc1Cl. The van der Waals surface area contributed by atoms with Crippen molar-refractivity contribution in [3.05, 3.63) is 11.2 Å². The van der Waals surface area contributed by atoms with E-state index in [-0.39, 0.29) is 5.88 Å². The quantitative estimate of drug-likeness (QED) is 0.799. The summed E-state index contributed by atoms with van der Waals surface area (Å²) in [5.74, 6) is 3.20. The van der Waals surface area contributed by atoms with Crippen LogP contribution < -0.4 is 10.1 Å². The van der Waals surface area contributed by atoms with Gasteiger partial charge in [0.1, 0.15) is 5.02 Å². The monoisotopic (exact) mass is 225 g/mol. The highest BCUT2D eigenvalue weighted by molar-refractivity contribution is 6.31. The van der Waals surface area contributed by atoms with Gasteiger partial charge in [0, 0.05) is 7.05 Å². The summed E-state index contributed by atoms with van der Waals surface area (Å²) in [6.07, 6.45) is 6.76. The summed E-state index contributed by atoms with van der Waals surface area (Å²) in [6, 6.07) is 0. The van der Waals surface area contributed by atoms with Crippen LogP contribution in [0.1, 0.15) is 13.8 Å².